The van der Waals surface area contributed by atoms with Crippen LogP contribution in [0.4, 0.5) is 0 Å². The molecule has 0 unspecified atom stereocenters. The van der Waals surface area contributed by atoms with Crippen LogP contribution in [0.5, 0.6) is 5.88 Å². The third kappa shape index (κ3) is 2.72. The Balaban J connectivity index is 2.71. The van der Waals surface area contributed by atoms with Gasteiger partial charge in [0.2, 0.25) is 11.2 Å². The van der Waals surface area contributed by atoms with Crippen molar-refractivity contribution in [2.75, 3.05) is 0 Å². The standard InChI is InChI=1S/C7H9ClN2O/c1-5(2)11-6-3-4-9-7(8)10-6/h3-5H,1-2H3. The molecule has 0 saturated carbocycles. The number of aromatic nitrogens is 2. The van der Waals surface area contributed by atoms with Gasteiger partial charge in [0.15, 0.2) is 0 Å². The van der Waals surface area contributed by atoms with Gasteiger partial charge >= 0.3 is 0 Å². The molecule has 0 aliphatic heterocycles. The van der Waals surface area contributed by atoms with Gasteiger partial charge in [-0.25, -0.2) is 4.98 Å². The molecule has 1 aromatic heterocycles. The topological polar surface area (TPSA) is 35.0 Å². The van der Waals surface area contributed by atoms with Crippen molar-refractivity contribution in [3.63, 3.8) is 0 Å². The van der Waals surface area contributed by atoms with Crippen molar-refractivity contribution in [2.45, 2.75) is 20.0 Å². The fourth-order valence-electron chi connectivity index (χ4n) is 0.627. The summed E-state index contributed by atoms with van der Waals surface area (Å²) in [5, 5.41) is 0.211. The molecule has 0 spiro atoms. The molecule has 1 rings (SSSR count). The summed E-state index contributed by atoms with van der Waals surface area (Å²) in [7, 11) is 0. The van der Waals surface area contributed by atoms with Crippen molar-refractivity contribution in [3.05, 3.63) is 17.5 Å². The normalized spacial score (nSPS) is 10.2. The van der Waals surface area contributed by atoms with Crippen LogP contribution in [-0.4, -0.2) is 16.1 Å². The summed E-state index contributed by atoms with van der Waals surface area (Å²) in [6.45, 7) is 3.85. The van der Waals surface area contributed by atoms with E-state index >= 15 is 0 Å². The molecule has 0 N–H and O–H groups in total. The summed E-state index contributed by atoms with van der Waals surface area (Å²) < 4.78 is 5.26. The Labute approximate surface area is 70.4 Å². The van der Waals surface area contributed by atoms with Gasteiger partial charge in [0.05, 0.1) is 6.10 Å². The minimum absolute atomic E-state index is 0.112. The Morgan fingerprint density at radius 3 is 2.82 bits per heavy atom. The Morgan fingerprint density at radius 2 is 2.27 bits per heavy atom. The molecule has 1 aromatic rings. The Morgan fingerprint density at radius 1 is 1.55 bits per heavy atom. The molecule has 11 heavy (non-hydrogen) atoms. The van der Waals surface area contributed by atoms with Crippen molar-refractivity contribution in [2.24, 2.45) is 0 Å². The van der Waals surface area contributed by atoms with Crippen molar-refractivity contribution < 1.29 is 4.74 Å². The largest absolute Gasteiger partial charge is 0.475 e. The van der Waals surface area contributed by atoms with Gasteiger partial charge in [-0.3, -0.25) is 0 Å². The molecule has 0 saturated heterocycles. The molecule has 0 atom stereocenters. The van der Waals surface area contributed by atoms with E-state index in [1.165, 1.54) is 0 Å². The first-order valence-electron chi connectivity index (χ1n) is 3.33. The van der Waals surface area contributed by atoms with Crippen molar-refractivity contribution in [3.8, 4) is 5.88 Å². The number of rotatable bonds is 2. The second-order valence-corrected chi connectivity index (χ2v) is 2.67. The summed E-state index contributed by atoms with van der Waals surface area (Å²) in [5.41, 5.74) is 0. The molecule has 0 radical (unpaired) electrons. The third-order valence-corrected chi connectivity index (χ3v) is 1.14. The fraction of sp³-hybridized carbons (Fsp3) is 0.429. The molecular formula is C7H9ClN2O. The lowest BCUT2D eigenvalue weighted by Gasteiger charge is -2.06. The molecule has 0 amide bonds. The van der Waals surface area contributed by atoms with E-state index < -0.39 is 0 Å². The lowest BCUT2D eigenvalue weighted by molar-refractivity contribution is 0.232. The van der Waals surface area contributed by atoms with Crippen LogP contribution in [0.15, 0.2) is 12.3 Å². The summed E-state index contributed by atoms with van der Waals surface area (Å²) in [5.74, 6) is 0.514. The monoisotopic (exact) mass is 172 g/mol. The Hall–Kier alpha value is -0.830. The predicted molar refractivity (Wildman–Crippen MR) is 42.8 cm³/mol. The van der Waals surface area contributed by atoms with Crippen LogP contribution in [0.25, 0.3) is 0 Å². The molecule has 1 heterocycles. The summed E-state index contributed by atoms with van der Waals surface area (Å²) >= 11 is 5.53. The highest BCUT2D eigenvalue weighted by Crippen LogP contribution is 2.09. The van der Waals surface area contributed by atoms with Gasteiger partial charge < -0.3 is 4.74 Å². The van der Waals surface area contributed by atoms with Crippen molar-refractivity contribution in [1.82, 2.24) is 9.97 Å². The zero-order valence-electron chi connectivity index (χ0n) is 6.41. The quantitative estimate of drug-likeness (QED) is 0.640. The summed E-state index contributed by atoms with van der Waals surface area (Å²) in [4.78, 5) is 7.57. The zero-order valence-corrected chi connectivity index (χ0v) is 7.17. The Kier molecular flexibility index (Phi) is 2.65. The molecule has 0 fully saturated rings. The number of nitrogens with zero attached hydrogens (tertiary/aromatic N) is 2. The average Bonchev–Trinajstić information content (AvgIpc) is 1.85. The maximum absolute atomic E-state index is 5.53. The van der Waals surface area contributed by atoms with Gasteiger partial charge in [0.25, 0.3) is 0 Å². The van der Waals surface area contributed by atoms with Crippen LogP contribution in [0.1, 0.15) is 13.8 Å². The average molecular weight is 173 g/mol. The highest BCUT2D eigenvalue weighted by atomic mass is 35.5. The SMILES string of the molecule is CC(C)Oc1ccnc(Cl)n1. The van der Waals surface area contributed by atoms with E-state index in [0.717, 1.165) is 0 Å². The van der Waals surface area contributed by atoms with E-state index in [1.807, 2.05) is 13.8 Å². The minimum Gasteiger partial charge on any atom is -0.475 e. The van der Waals surface area contributed by atoms with E-state index in [1.54, 1.807) is 12.3 Å². The van der Waals surface area contributed by atoms with Crippen LogP contribution in [0.2, 0.25) is 5.28 Å². The highest BCUT2D eigenvalue weighted by Gasteiger charge is 1.98. The second-order valence-electron chi connectivity index (χ2n) is 2.33. The molecule has 0 bridgehead atoms. The molecule has 4 heteroatoms. The Bertz CT molecular complexity index is 240. The van der Waals surface area contributed by atoms with Crippen LogP contribution in [0, 0.1) is 0 Å². The lowest BCUT2D eigenvalue weighted by atomic mass is 10.5. The number of ether oxygens (including phenoxy) is 1. The van der Waals surface area contributed by atoms with Crippen molar-refractivity contribution >= 4 is 11.6 Å². The summed E-state index contributed by atoms with van der Waals surface area (Å²) in [6.07, 6.45) is 1.67. The molecular weight excluding hydrogens is 164 g/mol. The number of halogens is 1. The van der Waals surface area contributed by atoms with E-state index in [0.29, 0.717) is 5.88 Å². The molecule has 0 aromatic carbocycles. The predicted octanol–water partition coefficient (Wildman–Crippen LogP) is 1.92. The maximum atomic E-state index is 5.53. The first kappa shape index (κ1) is 8.27. The van der Waals surface area contributed by atoms with Crippen LogP contribution >= 0.6 is 11.6 Å². The van der Waals surface area contributed by atoms with Gasteiger partial charge in [-0.1, -0.05) is 0 Å². The second kappa shape index (κ2) is 3.53. The molecule has 0 aliphatic rings. The summed E-state index contributed by atoms with van der Waals surface area (Å²) in [6, 6.07) is 1.67. The smallest absolute Gasteiger partial charge is 0.225 e. The molecule has 0 aliphatic carbocycles. The fourth-order valence-corrected chi connectivity index (χ4v) is 0.766. The van der Waals surface area contributed by atoms with Gasteiger partial charge in [0.1, 0.15) is 0 Å². The van der Waals surface area contributed by atoms with Gasteiger partial charge in [-0.2, -0.15) is 4.98 Å². The zero-order chi connectivity index (χ0) is 8.27. The highest BCUT2D eigenvalue weighted by molar-refractivity contribution is 6.28. The molecule has 3 nitrogen and oxygen atoms in total. The van der Waals surface area contributed by atoms with Gasteiger partial charge in [-0.05, 0) is 25.4 Å². The van der Waals surface area contributed by atoms with E-state index in [4.69, 9.17) is 16.3 Å². The third-order valence-electron chi connectivity index (χ3n) is 0.957. The number of hydrogen-bond acceptors (Lipinski definition) is 3. The van der Waals surface area contributed by atoms with Gasteiger partial charge in [-0.15, -0.1) is 0 Å². The van der Waals surface area contributed by atoms with E-state index in [-0.39, 0.29) is 11.4 Å². The minimum atomic E-state index is 0.112. The van der Waals surface area contributed by atoms with Crippen molar-refractivity contribution in [1.29, 1.82) is 0 Å². The van der Waals surface area contributed by atoms with E-state index in [9.17, 15) is 0 Å². The first-order valence-corrected chi connectivity index (χ1v) is 3.71. The van der Waals surface area contributed by atoms with E-state index in [2.05, 4.69) is 9.97 Å². The molecule has 60 valence electrons. The van der Waals surface area contributed by atoms with Crippen LogP contribution in [0.3, 0.4) is 0 Å². The van der Waals surface area contributed by atoms with Gasteiger partial charge in [0, 0.05) is 12.3 Å². The maximum Gasteiger partial charge on any atom is 0.225 e. The first-order chi connectivity index (χ1) is 5.18. The van der Waals surface area contributed by atoms with Crippen LogP contribution < -0.4 is 4.74 Å². The number of hydrogen-bond donors (Lipinski definition) is 0. The lowest BCUT2D eigenvalue weighted by Crippen LogP contribution is -2.06. The van der Waals surface area contributed by atoms with Crippen LogP contribution in [-0.2, 0) is 0 Å².